The van der Waals surface area contributed by atoms with E-state index in [9.17, 15) is 14.9 Å². The minimum absolute atomic E-state index is 0.175. The maximum absolute atomic E-state index is 12.9. The van der Waals surface area contributed by atoms with Crippen LogP contribution in [0.2, 0.25) is 0 Å². The smallest absolute Gasteiger partial charge is 0.284 e. The van der Waals surface area contributed by atoms with Gasteiger partial charge < -0.3 is 14.5 Å². The number of aryl methyl sites for hydroxylation is 2. The van der Waals surface area contributed by atoms with Gasteiger partial charge in [-0.2, -0.15) is 0 Å². The Morgan fingerprint density at radius 1 is 1.11 bits per heavy atom. The van der Waals surface area contributed by atoms with Crippen molar-refractivity contribution in [2.75, 3.05) is 5.32 Å². The summed E-state index contributed by atoms with van der Waals surface area (Å²) in [4.78, 5) is 24.5. The van der Waals surface area contributed by atoms with E-state index in [1.807, 2.05) is 18.2 Å². The molecule has 11 nitrogen and oxygen atoms in total. The van der Waals surface area contributed by atoms with Gasteiger partial charge in [0.25, 0.3) is 11.6 Å². The molecule has 0 unspecified atom stereocenters. The molecule has 0 fully saturated rings. The number of nitro groups is 1. The molecule has 0 saturated heterocycles. The topological polar surface area (TPSA) is 134 Å². The highest BCUT2D eigenvalue weighted by atomic mass is 32.2. The summed E-state index contributed by atoms with van der Waals surface area (Å²) in [7, 11) is 1.75. The first kappa shape index (κ1) is 22.7. The van der Waals surface area contributed by atoms with Crippen molar-refractivity contribution in [1.82, 2.24) is 29.5 Å². The molecule has 1 amide bonds. The van der Waals surface area contributed by atoms with Gasteiger partial charge in [-0.25, -0.2) is 0 Å². The Kier molecular flexibility index (Phi) is 6.27. The predicted molar refractivity (Wildman–Crippen MR) is 129 cm³/mol. The molecule has 2 aromatic carbocycles. The maximum Gasteiger partial charge on any atom is 0.284 e. The summed E-state index contributed by atoms with van der Waals surface area (Å²) in [6.07, 6.45) is 5.78. The van der Waals surface area contributed by atoms with Gasteiger partial charge in [-0.05, 0) is 48.9 Å². The molecular weight excluding hydrogens is 468 g/mol. The number of amides is 1. The van der Waals surface area contributed by atoms with Gasteiger partial charge in [0.1, 0.15) is 12.2 Å². The van der Waals surface area contributed by atoms with E-state index < -0.39 is 10.8 Å². The van der Waals surface area contributed by atoms with Crippen LogP contribution in [0.5, 0.6) is 0 Å². The van der Waals surface area contributed by atoms with E-state index >= 15 is 0 Å². The summed E-state index contributed by atoms with van der Waals surface area (Å²) in [5.41, 5.74) is 1.43. The molecule has 35 heavy (non-hydrogen) atoms. The third-order valence-electron chi connectivity index (χ3n) is 5.78. The number of nitrogens with zero attached hydrogens (tertiary/aromatic N) is 7. The minimum Gasteiger partial charge on any atom is -0.322 e. The third kappa shape index (κ3) is 4.78. The van der Waals surface area contributed by atoms with E-state index in [2.05, 4.69) is 30.3 Å². The number of hydrogen-bond acceptors (Lipinski definition) is 8. The van der Waals surface area contributed by atoms with Gasteiger partial charge in [0.2, 0.25) is 0 Å². The number of aromatic nitrogens is 6. The summed E-state index contributed by atoms with van der Waals surface area (Å²) in [6, 6.07) is 11.8. The Balaban J connectivity index is 1.37. The standard InChI is InChI=1S/C23H22N8O3S/c1-29-14-24-28-23(29)35-19-10-9-16(13-18(19)31(33)34)22(32)25-17-7-5-6-15(12-17)21-27-26-20-8-3-2-4-11-30(20)21/h5-7,9-10,12-14H,2-4,8,11H2,1H3,(H,25,32). The van der Waals surface area contributed by atoms with Gasteiger partial charge in [-0.15, -0.1) is 20.4 Å². The van der Waals surface area contributed by atoms with Gasteiger partial charge in [0.15, 0.2) is 11.0 Å². The lowest BCUT2D eigenvalue weighted by Gasteiger charge is -2.10. The average Bonchev–Trinajstić information content (AvgIpc) is 3.37. The second kappa shape index (κ2) is 9.66. The molecule has 0 bridgehead atoms. The lowest BCUT2D eigenvalue weighted by Crippen LogP contribution is -2.12. The fourth-order valence-electron chi connectivity index (χ4n) is 3.99. The maximum atomic E-state index is 12.9. The lowest BCUT2D eigenvalue weighted by atomic mass is 10.1. The van der Waals surface area contributed by atoms with Crippen molar-refractivity contribution in [3.8, 4) is 11.4 Å². The van der Waals surface area contributed by atoms with Gasteiger partial charge in [0, 0.05) is 42.9 Å². The molecule has 0 aliphatic carbocycles. The van der Waals surface area contributed by atoms with E-state index in [-0.39, 0.29) is 11.3 Å². The average molecular weight is 491 g/mol. The quantitative estimate of drug-likeness (QED) is 0.315. The molecule has 5 rings (SSSR count). The van der Waals surface area contributed by atoms with Gasteiger partial charge in [0.05, 0.1) is 9.82 Å². The summed E-state index contributed by atoms with van der Waals surface area (Å²) >= 11 is 1.11. The summed E-state index contributed by atoms with van der Waals surface area (Å²) in [5.74, 6) is 1.32. The number of fused-ring (bicyclic) bond motifs is 1. The molecule has 0 atom stereocenters. The summed E-state index contributed by atoms with van der Waals surface area (Å²) in [6.45, 7) is 0.872. The van der Waals surface area contributed by atoms with Gasteiger partial charge >= 0.3 is 0 Å². The van der Waals surface area contributed by atoms with Crippen molar-refractivity contribution in [3.63, 3.8) is 0 Å². The molecule has 3 heterocycles. The van der Waals surface area contributed by atoms with Crippen molar-refractivity contribution in [2.45, 2.75) is 42.3 Å². The van der Waals surface area contributed by atoms with Crippen LogP contribution < -0.4 is 5.32 Å². The highest BCUT2D eigenvalue weighted by Gasteiger charge is 2.21. The number of rotatable bonds is 6. The van der Waals surface area contributed by atoms with Crippen molar-refractivity contribution in [2.24, 2.45) is 7.05 Å². The molecule has 178 valence electrons. The molecule has 4 aromatic rings. The van der Waals surface area contributed by atoms with Gasteiger partial charge in [-0.1, -0.05) is 18.6 Å². The minimum atomic E-state index is -0.507. The van der Waals surface area contributed by atoms with Gasteiger partial charge in [-0.3, -0.25) is 14.9 Å². The van der Waals surface area contributed by atoms with Crippen molar-refractivity contribution < 1.29 is 9.72 Å². The molecule has 1 N–H and O–H groups in total. The molecule has 0 radical (unpaired) electrons. The Morgan fingerprint density at radius 2 is 2.00 bits per heavy atom. The lowest BCUT2D eigenvalue weighted by molar-refractivity contribution is -0.387. The predicted octanol–water partition coefficient (Wildman–Crippen LogP) is 4.11. The van der Waals surface area contributed by atoms with E-state index in [1.54, 1.807) is 29.8 Å². The Bertz CT molecular complexity index is 1410. The third-order valence-corrected chi connectivity index (χ3v) is 6.89. The molecule has 0 saturated carbocycles. The van der Waals surface area contributed by atoms with Crippen LogP contribution in [0.1, 0.15) is 35.4 Å². The van der Waals surface area contributed by atoms with Crippen LogP contribution in [0.25, 0.3) is 11.4 Å². The van der Waals surface area contributed by atoms with E-state index in [4.69, 9.17) is 0 Å². The molecule has 2 aromatic heterocycles. The molecule has 1 aliphatic rings. The zero-order chi connectivity index (χ0) is 24.4. The fourth-order valence-corrected chi connectivity index (χ4v) is 4.84. The van der Waals surface area contributed by atoms with E-state index in [1.165, 1.54) is 18.8 Å². The first-order valence-corrected chi connectivity index (χ1v) is 12.0. The van der Waals surface area contributed by atoms with Crippen molar-refractivity contribution >= 4 is 29.0 Å². The van der Waals surface area contributed by atoms with E-state index in [0.29, 0.717) is 15.7 Å². The Morgan fingerprint density at radius 3 is 2.80 bits per heavy atom. The van der Waals surface area contributed by atoms with Crippen LogP contribution in [-0.4, -0.2) is 40.4 Å². The molecule has 0 spiro atoms. The highest BCUT2D eigenvalue weighted by Crippen LogP contribution is 2.34. The molecule has 1 aliphatic heterocycles. The SMILES string of the molecule is Cn1cnnc1Sc1ccc(C(=O)Nc2cccc(-c3nnc4n3CCCCC4)c2)cc1[N+](=O)[O-]. The van der Waals surface area contributed by atoms with Crippen LogP contribution in [0, 0.1) is 10.1 Å². The van der Waals surface area contributed by atoms with Crippen molar-refractivity contribution in [3.05, 3.63) is 70.3 Å². The number of nitrogens with one attached hydrogen (secondary N) is 1. The number of hydrogen-bond donors (Lipinski definition) is 1. The zero-order valence-corrected chi connectivity index (χ0v) is 19.7. The first-order chi connectivity index (χ1) is 17.0. The van der Waals surface area contributed by atoms with Crippen LogP contribution >= 0.6 is 11.8 Å². The monoisotopic (exact) mass is 490 g/mol. The normalized spacial score (nSPS) is 13.2. The first-order valence-electron chi connectivity index (χ1n) is 11.1. The van der Waals surface area contributed by atoms with Crippen LogP contribution in [0.15, 0.2) is 58.8 Å². The summed E-state index contributed by atoms with van der Waals surface area (Å²) < 4.78 is 3.81. The van der Waals surface area contributed by atoms with Crippen molar-refractivity contribution in [1.29, 1.82) is 0 Å². The Hall–Kier alpha value is -4.06. The number of carbonyl (C=O) groups excluding carboxylic acids is 1. The second-order valence-electron chi connectivity index (χ2n) is 8.20. The van der Waals surface area contributed by atoms with Crippen LogP contribution in [-0.2, 0) is 20.0 Å². The zero-order valence-electron chi connectivity index (χ0n) is 18.9. The van der Waals surface area contributed by atoms with Crippen LogP contribution in [0.3, 0.4) is 0 Å². The second-order valence-corrected chi connectivity index (χ2v) is 9.21. The van der Waals surface area contributed by atoms with Crippen LogP contribution in [0.4, 0.5) is 11.4 Å². The highest BCUT2D eigenvalue weighted by molar-refractivity contribution is 7.99. The fraction of sp³-hybridized carbons (Fsp3) is 0.261. The number of benzene rings is 2. The molecule has 12 heteroatoms. The number of anilines is 1. The number of nitro benzene ring substituents is 1. The summed E-state index contributed by atoms with van der Waals surface area (Å²) in [5, 5.41) is 31.5. The number of carbonyl (C=O) groups is 1. The molecular formula is C23H22N8O3S. The largest absolute Gasteiger partial charge is 0.322 e. The Labute approximate surface area is 204 Å². The van der Waals surface area contributed by atoms with E-state index in [0.717, 1.165) is 54.8 Å².